The molecule has 0 fully saturated rings. The second kappa shape index (κ2) is 10.9. The van der Waals surface area contributed by atoms with Gasteiger partial charge in [0.25, 0.3) is 5.91 Å². The highest BCUT2D eigenvalue weighted by Crippen LogP contribution is 2.32. The number of nitrogen functional groups attached to an aromatic ring is 1. The van der Waals surface area contributed by atoms with Crippen molar-refractivity contribution in [1.29, 1.82) is 0 Å². The van der Waals surface area contributed by atoms with Crippen molar-refractivity contribution in [1.82, 2.24) is 15.4 Å². The van der Waals surface area contributed by atoms with E-state index in [2.05, 4.69) is 20.5 Å². The first kappa shape index (κ1) is 24.7. The number of thiophene rings is 1. The quantitative estimate of drug-likeness (QED) is 0.226. The van der Waals surface area contributed by atoms with Crippen LogP contribution in [0.2, 0.25) is 10.0 Å². The standard InChI is InChI=1S/C24H21Cl2N5O3S/c1-3-33-19-8-14(4-7-18(19)34-11-15-5-6-16(25)9-17(15)26)10-30-31-23(32)21-13(2)20-22(27)28-12-29-24(20)35-21/h4-10,12H,3,11H2,1-2H3,(H,31,32)(H2,27,28,29)/b30-10-. The van der Waals surface area contributed by atoms with Gasteiger partial charge in [0.1, 0.15) is 23.6 Å². The van der Waals surface area contributed by atoms with Crippen molar-refractivity contribution >= 4 is 62.7 Å². The van der Waals surface area contributed by atoms with Crippen molar-refractivity contribution in [3.05, 3.63) is 74.3 Å². The number of hydrogen-bond acceptors (Lipinski definition) is 8. The van der Waals surface area contributed by atoms with Gasteiger partial charge in [-0.2, -0.15) is 5.10 Å². The lowest BCUT2D eigenvalue weighted by atomic mass is 10.2. The number of hydrogen-bond donors (Lipinski definition) is 2. The monoisotopic (exact) mass is 529 g/mol. The molecule has 0 unspecified atom stereocenters. The zero-order chi connectivity index (χ0) is 24.9. The molecular formula is C24H21Cl2N5O3S. The van der Waals surface area contributed by atoms with Gasteiger partial charge in [-0.05, 0) is 55.3 Å². The first-order chi connectivity index (χ1) is 16.9. The minimum absolute atomic E-state index is 0.253. The summed E-state index contributed by atoms with van der Waals surface area (Å²) in [5, 5.41) is 5.85. The first-order valence-electron chi connectivity index (χ1n) is 10.5. The lowest BCUT2D eigenvalue weighted by Crippen LogP contribution is -2.17. The fourth-order valence-electron chi connectivity index (χ4n) is 3.32. The van der Waals surface area contributed by atoms with Crippen LogP contribution in [0.5, 0.6) is 11.5 Å². The molecule has 8 nitrogen and oxygen atoms in total. The number of carbonyl (C=O) groups excluding carboxylic acids is 1. The largest absolute Gasteiger partial charge is 0.490 e. The Bertz CT molecular complexity index is 1420. The molecule has 35 heavy (non-hydrogen) atoms. The van der Waals surface area contributed by atoms with E-state index in [1.807, 2.05) is 19.9 Å². The molecule has 0 bridgehead atoms. The summed E-state index contributed by atoms with van der Waals surface area (Å²) >= 11 is 13.4. The molecule has 4 aromatic rings. The highest BCUT2D eigenvalue weighted by molar-refractivity contribution is 7.20. The van der Waals surface area contributed by atoms with E-state index in [0.29, 0.717) is 54.6 Å². The van der Waals surface area contributed by atoms with Gasteiger partial charge in [0.2, 0.25) is 0 Å². The summed E-state index contributed by atoms with van der Waals surface area (Å²) in [7, 11) is 0. The van der Waals surface area contributed by atoms with Crippen molar-refractivity contribution in [2.45, 2.75) is 20.5 Å². The van der Waals surface area contributed by atoms with Gasteiger partial charge in [0, 0.05) is 15.6 Å². The van der Waals surface area contributed by atoms with Crippen LogP contribution in [0.1, 0.15) is 33.3 Å². The van der Waals surface area contributed by atoms with E-state index < -0.39 is 0 Å². The predicted octanol–water partition coefficient (Wildman–Crippen LogP) is 5.63. The van der Waals surface area contributed by atoms with Crippen molar-refractivity contribution in [2.75, 3.05) is 12.3 Å². The number of benzene rings is 2. The van der Waals surface area contributed by atoms with E-state index in [4.69, 9.17) is 38.4 Å². The normalized spacial score (nSPS) is 11.2. The summed E-state index contributed by atoms with van der Waals surface area (Å²) in [5.41, 5.74) is 10.7. The SMILES string of the molecule is CCOc1cc(/C=N\NC(=O)c2sc3ncnc(N)c3c2C)ccc1OCc1ccc(Cl)cc1Cl. The van der Waals surface area contributed by atoms with Gasteiger partial charge >= 0.3 is 0 Å². The molecule has 0 atom stereocenters. The van der Waals surface area contributed by atoms with Gasteiger partial charge in [0.15, 0.2) is 11.5 Å². The number of fused-ring (bicyclic) bond motifs is 1. The molecule has 180 valence electrons. The van der Waals surface area contributed by atoms with Crippen LogP contribution in [-0.4, -0.2) is 28.7 Å². The maximum Gasteiger partial charge on any atom is 0.281 e. The molecular weight excluding hydrogens is 509 g/mol. The van der Waals surface area contributed by atoms with Crippen LogP contribution in [-0.2, 0) is 6.61 Å². The number of nitrogens with zero attached hydrogens (tertiary/aromatic N) is 3. The molecule has 3 N–H and O–H groups in total. The Kier molecular flexibility index (Phi) is 7.70. The highest BCUT2D eigenvalue weighted by atomic mass is 35.5. The third-order valence-corrected chi connectivity index (χ3v) is 6.79. The Balaban J connectivity index is 1.46. The van der Waals surface area contributed by atoms with E-state index in [1.165, 1.54) is 23.9 Å². The predicted molar refractivity (Wildman–Crippen MR) is 140 cm³/mol. The molecule has 0 aliphatic heterocycles. The van der Waals surface area contributed by atoms with E-state index >= 15 is 0 Å². The van der Waals surface area contributed by atoms with Crippen molar-refractivity contribution in [3.63, 3.8) is 0 Å². The van der Waals surface area contributed by atoms with Crippen LogP contribution >= 0.6 is 34.5 Å². The molecule has 0 aliphatic rings. The van der Waals surface area contributed by atoms with Crippen molar-refractivity contribution in [2.24, 2.45) is 5.10 Å². The van der Waals surface area contributed by atoms with Gasteiger partial charge in [-0.25, -0.2) is 15.4 Å². The molecule has 11 heteroatoms. The Morgan fingerprint density at radius 2 is 2.00 bits per heavy atom. The average Bonchev–Trinajstić information content (AvgIpc) is 3.17. The summed E-state index contributed by atoms with van der Waals surface area (Å²) in [6, 6.07) is 10.6. The molecule has 2 aromatic carbocycles. The number of halogens is 2. The maximum absolute atomic E-state index is 12.7. The minimum Gasteiger partial charge on any atom is -0.490 e. The van der Waals surface area contributed by atoms with Crippen LogP contribution in [0.25, 0.3) is 10.2 Å². The number of anilines is 1. The number of aryl methyl sites for hydroxylation is 1. The van der Waals surface area contributed by atoms with E-state index in [1.54, 1.807) is 30.3 Å². The van der Waals surface area contributed by atoms with E-state index in [0.717, 1.165) is 11.1 Å². The third kappa shape index (κ3) is 5.64. The molecule has 0 spiro atoms. The summed E-state index contributed by atoms with van der Waals surface area (Å²) in [6.45, 7) is 4.39. The first-order valence-corrected chi connectivity index (χ1v) is 12.1. The number of amides is 1. The van der Waals surface area contributed by atoms with Gasteiger partial charge in [-0.3, -0.25) is 4.79 Å². The molecule has 0 saturated carbocycles. The molecule has 0 aliphatic carbocycles. The van der Waals surface area contributed by atoms with Gasteiger partial charge in [-0.15, -0.1) is 11.3 Å². The number of hydrazone groups is 1. The molecule has 1 amide bonds. The summed E-state index contributed by atoms with van der Waals surface area (Å²) in [6.07, 6.45) is 2.90. The Morgan fingerprint density at radius 1 is 1.17 bits per heavy atom. The number of rotatable bonds is 8. The number of nitrogens with two attached hydrogens (primary N) is 1. The average molecular weight is 530 g/mol. The molecule has 0 saturated heterocycles. The van der Waals surface area contributed by atoms with Gasteiger partial charge in [-0.1, -0.05) is 29.3 Å². The molecule has 2 aromatic heterocycles. The minimum atomic E-state index is -0.356. The van der Waals surface area contributed by atoms with Crippen molar-refractivity contribution in [3.8, 4) is 11.5 Å². The lowest BCUT2D eigenvalue weighted by Gasteiger charge is -2.13. The zero-order valence-corrected chi connectivity index (χ0v) is 21.2. The zero-order valence-electron chi connectivity index (χ0n) is 18.8. The topological polar surface area (TPSA) is 112 Å². The number of aromatic nitrogens is 2. The smallest absolute Gasteiger partial charge is 0.281 e. The van der Waals surface area contributed by atoms with Crippen LogP contribution in [0.3, 0.4) is 0 Å². The fourth-order valence-corrected chi connectivity index (χ4v) is 4.83. The van der Waals surface area contributed by atoms with Crippen LogP contribution in [0, 0.1) is 6.92 Å². The van der Waals surface area contributed by atoms with E-state index in [9.17, 15) is 4.79 Å². The summed E-state index contributed by atoms with van der Waals surface area (Å²) < 4.78 is 11.6. The van der Waals surface area contributed by atoms with Gasteiger partial charge in [0.05, 0.1) is 23.1 Å². The second-order valence-electron chi connectivity index (χ2n) is 7.36. The molecule has 4 rings (SSSR count). The lowest BCUT2D eigenvalue weighted by molar-refractivity contribution is 0.0958. The van der Waals surface area contributed by atoms with Crippen LogP contribution in [0.4, 0.5) is 5.82 Å². The summed E-state index contributed by atoms with van der Waals surface area (Å²) in [4.78, 5) is 22.0. The van der Waals surface area contributed by atoms with Crippen LogP contribution < -0.4 is 20.6 Å². The second-order valence-corrected chi connectivity index (χ2v) is 9.20. The Morgan fingerprint density at radius 3 is 2.74 bits per heavy atom. The van der Waals surface area contributed by atoms with Crippen molar-refractivity contribution < 1.29 is 14.3 Å². The number of carbonyl (C=O) groups is 1. The van der Waals surface area contributed by atoms with Gasteiger partial charge < -0.3 is 15.2 Å². The molecule has 0 radical (unpaired) electrons. The number of ether oxygens (including phenoxy) is 2. The van der Waals surface area contributed by atoms with Crippen LogP contribution in [0.15, 0.2) is 47.8 Å². The Hall–Kier alpha value is -3.40. The third-order valence-electron chi connectivity index (χ3n) is 5.01. The number of nitrogens with one attached hydrogen (secondary N) is 1. The van der Waals surface area contributed by atoms with E-state index in [-0.39, 0.29) is 12.5 Å². The highest BCUT2D eigenvalue weighted by Gasteiger charge is 2.18. The Labute approximate surface area is 215 Å². The molecule has 2 heterocycles. The fraction of sp³-hybridized carbons (Fsp3) is 0.167. The maximum atomic E-state index is 12.7. The summed E-state index contributed by atoms with van der Waals surface area (Å²) in [5.74, 6) is 1.09.